The molecular formula is C18H24N4O2. The van der Waals surface area contributed by atoms with Gasteiger partial charge in [-0.2, -0.15) is 5.48 Å². The standard InChI is InChI=1S/C18H24N4O2/c1-12(17(20-2)21-24)22(3)18(23)15-6-4-13(5-7-15)14-8-10-16(19)11-9-14/h4-12,17,20-21,24H,19H2,1-3H3. The lowest BCUT2D eigenvalue weighted by molar-refractivity contribution is 0.0493. The Balaban J connectivity index is 2.14. The number of nitrogens with two attached hydrogens (primary N) is 1. The third-order valence-corrected chi connectivity index (χ3v) is 4.24. The summed E-state index contributed by atoms with van der Waals surface area (Å²) in [6.07, 6.45) is -0.409. The van der Waals surface area contributed by atoms with E-state index in [-0.39, 0.29) is 11.9 Å². The first-order valence-electron chi connectivity index (χ1n) is 7.78. The Morgan fingerprint density at radius 3 is 2.04 bits per heavy atom. The van der Waals surface area contributed by atoms with Crippen LogP contribution in [-0.2, 0) is 0 Å². The van der Waals surface area contributed by atoms with Gasteiger partial charge in [0.05, 0.1) is 6.04 Å². The zero-order chi connectivity index (χ0) is 17.7. The second kappa shape index (κ2) is 7.92. The quantitative estimate of drug-likeness (QED) is 0.369. The summed E-state index contributed by atoms with van der Waals surface area (Å²) >= 11 is 0. The summed E-state index contributed by atoms with van der Waals surface area (Å²) in [5.74, 6) is -0.109. The van der Waals surface area contributed by atoms with Gasteiger partial charge in [0.15, 0.2) is 0 Å². The van der Waals surface area contributed by atoms with E-state index in [9.17, 15) is 4.79 Å². The average Bonchev–Trinajstić information content (AvgIpc) is 2.62. The summed E-state index contributed by atoms with van der Waals surface area (Å²) in [6, 6.07) is 14.8. The second-order valence-corrected chi connectivity index (χ2v) is 5.75. The average molecular weight is 328 g/mol. The fourth-order valence-electron chi connectivity index (χ4n) is 2.51. The molecule has 2 aromatic carbocycles. The highest BCUT2D eigenvalue weighted by molar-refractivity contribution is 5.94. The number of amides is 1. The third-order valence-electron chi connectivity index (χ3n) is 4.24. The number of anilines is 1. The predicted molar refractivity (Wildman–Crippen MR) is 95.6 cm³/mol. The van der Waals surface area contributed by atoms with Crippen molar-refractivity contribution in [1.29, 1.82) is 0 Å². The second-order valence-electron chi connectivity index (χ2n) is 5.75. The molecule has 0 aliphatic heterocycles. The van der Waals surface area contributed by atoms with Crippen LogP contribution in [0.5, 0.6) is 0 Å². The van der Waals surface area contributed by atoms with Crippen molar-refractivity contribution in [2.75, 3.05) is 19.8 Å². The van der Waals surface area contributed by atoms with E-state index in [0.29, 0.717) is 5.56 Å². The topological polar surface area (TPSA) is 90.6 Å². The van der Waals surface area contributed by atoms with E-state index in [2.05, 4.69) is 10.8 Å². The number of benzene rings is 2. The Morgan fingerprint density at radius 1 is 1.08 bits per heavy atom. The Morgan fingerprint density at radius 2 is 1.58 bits per heavy atom. The van der Waals surface area contributed by atoms with Crippen molar-refractivity contribution in [3.63, 3.8) is 0 Å². The SMILES string of the molecule is CNC(NO)C(C)N(C)C(=O)c1ccc(-c2ccc(N)cc2)cc1. The van der Waals surface area contributed by atoms with Crippen LogP contribution in [0.3, 0.4) is 0 Å². The Hall–Kier alpha value is -2.41. The first-order valence-corrected chi connectivity index (χ1v) is 7.78. The molecule has 0 aliphatic carbocycles. The smallest absolute Gasteiger partial charge is 0.253 e. The van der Waals surface area contributed by atoms with Gasteiger partial charge in [0.2, 0.25) is 0 Å². The van der Waals surface area contributed by atoms with Crippen molar-refractivity contribution >= 4 is 11.6 Å². The number of nitrogen functional groups attached to an aromatic ring is 1. The molecule has 6 heteroatoms. The Bertz CT molecular complexity index is 666. The van der Waals surface area contributed by atoms with E-state index in [1.54, 1.807) is 31.1 Å². The Labute approximate surface area is 142 Å². The van der Waals surface area contributed by atoms with Gasteiger partial charge in [-0.3, -0.25) is 4.79 Å². The lowest BCUT2D eigenvalue weighted by Gasteiger charge is -2.31. The molecule has 0 spiro atoms. The minimum Gasteiger partial charge on any atom is -0.399 e. The molecule has 0 saturated heterocycles. The van der Waals surface area contributed by atoms with Crippen LogP contribution in [0.25, 0.3) is 11.1 Å². The van der Waals surface area contributed by atoms with Crippen LogP contribution in [0.1, 0.15) is 17.3 Å². The maximum absolute atomic E-state index is 12.6. The molecule has 2 rings (SSSR count). The first kappa shape index (κ1) is 17.9. The zero-order valence-electron chi connectivity index (χ0n) is 14.2. The van der Waals surface area contributed by atoms with Gasteiger partial charge in [0.1, 0.15) is 6.17 Å². The van der Waals surface area contributed by atoms with Crippen LogP contribution in [-0.4, -0.2) is 42.3 Å². The maximum atomic E-state index is 12.6. The van der Waals surface area contributed by atoms with Crippen molar-refractivity contribution in [3.8, 4) is 11.1 Å². The minimum atomic E-state index is -0.409. The van der Waals surface area contributed by atoms with Crippen molar-refractivity contribution in [1.82, 2.24) is 15.7 Å². The molecule has 1 amide bonds. The fraction of sp³-hybridized carbons (Fsp3) is 0.278. The number of hydroxylamine groups is 1. The molecule has 128 valence electrons. The van der Waals surface area contributed by atoms with Crippen LogP contribution >= 0.6 is 0 Å². The number of hydrogen-bond acceptors (Lipinski definition) is 5. The fourth-order valence-corrected chi connectivity index (χ4v) is 2.51. The largest absolute Gasteiger partial charge is 0.399 e. The molecule has 0 aromatic heterocycles. The van der Waals surface area contributed by atoms with Crippen LogP contribution in [0.2, 0.25) is 0 Å². The minimum absolute atomic E-state index is 0.109. The lowest BCUT2D eigenvalue weighted by Crippen LogP contribution is -2.54. The third kappa shape index (κ3) is 3.91. The van der Waals surface area contributed by atoms with Gasteiger partial charge in [0.25, 0.3) is 5.91 Å². The molecule has 0 heterocycles. The Kier molecular flexibility index (Phi) is 5.92. The normalized spacial score (nSPS) is 13.3. The van der Waals surface area contributed by atoms with Crippen LogP contribution in [0, 0.1) is 0 Å². The molecular weight excluding hydrogens is 304 g/mol. The van der Waals surface area contributed by atoms with Crippen molar-refractivity contribution in [3.05, 3.63) is 54.1 Å². The zero-order valence-corrected chi connectivity index (χ0v) is 14.2. The number of likely N-dealkylation sites (N-methyl/N-ethyl adjacent to an activating group) is 2. The van der Waals surface area contributed by atoms with Gasteiger partial charge < -0.3 is 21.2 Å². The van der Waals surface area contributed by atoms with Crippen molar-refractivity contribution in [2.24, 2.45) is 0 Å². The summed E-state index contributed by atoms with van der Waals surface area (Å²) in [4.78, 5) is 14.2. The molecule has 2 aromatic rings. The van der Waals surface area contributed by atoms with E-state index in [0.717, 1.165) is 16.8 Å². The van der Waals surface area contributed by atoms with E-state index in [4.69, 9.17) is 10.9 Å². The summed E-state index contributed by atoms with van der Waals surface area (Å²) in [7, 11) is 3.42. The highest BCUT2D eigenvalue weighted by atomic mass is 16.5. The van der Waals surface area contributed by atoms with E-state index in [1.807, 2.05) is 43.3 Å². The molecule has 6 nitrogen and oxygen atoms in total. The van der Waals surface area contributed by atoms with Gasteiger partial charge in [-0.1, -0.05) is 24.3 Å². The van der Waals surface area contributed by atoms with Crippen LogP contribution in [0.15, 0.2) is 48.5 Å². The lowest BCUT2D eigenvalue weighted by atomic mass is 10.0. The maximum Gasteiger partial charge on any atom is 0.253 e. The van der Waals surface area contributed by atoms with E-state index >= 15 is 0 Å². The van der Waals surface area contributed by atoms with Gasteiger partial charge in [-0.25, -0.2) is 0 Å². The summed E-state index contributed by atoms with van der Waals surface area (Å²) in [5, 5.41) is 12.0. The highest BCUT2D eigenvalue weighted by Crippen LogP contribution is 2.21. The number of rotatable bonds is 6. The first-order chi connectivity index (χ1) is 11.5. The number of hydrogen-bond donors (Lipinski definition) is 4. The van der Waals surface area contributed by atoms with Gasteiger partial charge >= 0.3 is 0 Å². The molecule has 0 radical (unpaired) electrons. The highest BCUT2D eigenvalue weighted by Gasteiger charge is 2.23. The molecule has 24 heavy (non-hydrogen) atoms. The van der Waals surface area contributed by atoms with Gasteiger partial charge in [-0.15, -0.1) is 0 Å². The molecule has 0 aliphatic rings. The summed E-state index contributed by atoms with van der Waals surface area (Å²) < 4.78 is 0. The molecule has 5 N–H and O–H groups in total. The molecule has 2 atom stereocenters. The van der Waals surface area contributed by atoms with Gasteiger partial charge in [-0.05, 0) is 49.4 Å². The summed E-state index contributed by atoms with van der Waals surface area (Å²) in [6.45, 7) is 1.85. The number of carbonyl (C=O) groups is 1. The molecule has 2 unspecified atom stereocenters. The molecule has 0 fully saturated rings. The van der Waals surface area contributed by atoms with Crippen LogP contribution < -0.4 is 16.5 Å². The van der Waals surface area contributed by atoms with E-state index in [1.165, 1.54) is 0 Å². The summed E-state index contributed by atoms with van der Waals surface area (Å²) in [5.41, 5.74) is 11.2. The van der Waals surface area contributed by atoms with Crippen molar-refractivity contribution < 1.29 is 10.0 Å². The van der Waals surface area contributed by atoms with Gasteiger partial charge in [0, 0.05) is 18.3 Å². The molecule has 0 bridgehead atoms. The van der Waals surface area contributed by atoms with E-state index < -0.39 is 6.17 Å². The monoisotopic (exact) mass is 328 g/mol. The molecule has 0 saturated carbocycles. The number of nitrogens with one attached hydrogen (secondary N) is 2. The number of nitrogens with zero attached hydrogens (tertiary/aromatic N) is 1. The van der Waals surface area contributed by atoms with Crippen molar-refractivity contribution in [2.45, 2.75) is 19.1 Å². The van der Waals surface area contributed by atoms with Crippen LogP contribution in [0.4, 0.5) is 5.69 Å². The predicted octanol–water partition coefficient (Wildman–Crippen LogP) is 1.92. The number of carbonyl (C=O) groups excluding carboxylic acids is 1.